The van der Waals surface area contributed by atoms with Crippen LogP contribution in [0, 0.1) is 6.92 Å². The molecule has 1 atom stereocenters. The van der Waals surface area contributed by atoms with Gasteiger partial charge in [0.25, 0.3) is 0 Å². The van der Waals surface area contributed by atoms with E-state index in [0.29, 0.717) is 13.0 Å². The van der Waals surface area contributed by atoms with Gasteiger partial charge in [0.2, 0.25) is 0 Å². The Hall–Kier alpha value is -2.29. The van der Waals surface area contributed by atoms with E-state index >= 15 is 0 Å². The highest BCUT2D eigenvalue weighted by Crippen LogP contribution is 2.33. The topological polar surface area (TPSA) is 40.5 Å². The van der Waals surface area contributed by atoms with Gasteiger partial charge in [0.1, 0.15) is 6.04 Å². The van der Waals surface area contributed by atoms with Crippen LogP contribution in [0.1, 0.15) is 16.7 Å². The Morgan fingerprint density at radius 3 is 2.60 bits per heavy atom. The third kappa shape index (κ3) is 2.27. The van der Waals surface area contributed by atoms with Crippen LogP contribution in [-0.4, -0.2) is 17.1 Å². The molecule has 3 heteroatoms. The lowest BCUT2D eigenvalue weighted by Gasteiger charge is -2.24. The molecule has 2 aromatic carbocycles. The van der Waals surface area contributed by atoms with Gasteiger partial charge >= 0.3 is 5.97 Å². The molecule has 1 unspecified atom stereocenters. The number of anilines is 1. The van der Waals surface area contributed by atoms with Crippen molar-refractivity contribution in [2.24, 2.45) is 0 Å². The molecule has 0 bridgehead atoms. The maximum absolute atomic E-state index is 11.5. The zero-order valence-corrected chi connectivity index (χ0v) is 11.4. The second-order valence-corrected chi connectivity index (χ2v) is 5.30. The molecule has 1 heterocycles. The number of carboxylic acid groups (broad SMARTS) is 1. The predicted octanol–water partition coefficient (Wildman–Crippen LogP) is 3.01. The molecule has 0 fully saturated rings. The highest BCUT2D eigenvalue weighted by atomic mass is 16.4. The second kappa shape index (κ2) is 5.00. The number of carbonyl (C=O) groups is 1. The van der Waals surface area contributed by atoms with Crippen molar-refractivity contribution >= 4 is 11.7 Å². The van der Waals surface area contributed by atoms with Crippen molar-refractivity contribution < 1.29 is 9.90 Å². The Morgan fingerprint density at radius 1 is 1.20 bits per heavy atom. The summed E-state index contributed by atoms with van der Waals surface area (Å²) in [6.07, 6.45) is 0.581. The standard InChI is InChI=1S/C17H17NO2/c1-12-6-8-13(9-7-12)11-18-15-5-3-2-4-14(15)10-16(18)17(19)20/h2-9,16H,10-11H2,1H3,(H,19,20). The molecule has 0 saturated heterocycles. The summed E-state index contributed by atoms with van der Waals surface area (Å²) in [6.45, 7) is 2.68. The van der Waals surface area contributed by atoms with E-state index in [4.69, 9.17) is 0 Å². The van der Waals surface area contributed by atoms with Crippen LogP contribution in [0.3, 0.4) is 0 Å². The number of aryl methyl sites for hydroxylation is 1. The molecule has 1 aliphatic rings. The summed E-state index contributed by atoms with van der Waals surface area (Å²) in [4.78, 5) is 13.5. The highest BCUT2D eigenvalue weighted by Gasteiger charge is 2.33. The largest absolute Gasteiger partial charge is 0.480 e. The Kier molecular flexibility index (Phi) is 3.18. The van der Waals surface area contributed by atoms with Crippen LogP contribution in [0.25, 0.3) is 0 Å². The average molecular weight is 267 g/mol. The molecule has 0 spiro atoms. The van der Waals surface area contributed by atoms with Crippen LogP contribution >= 0.6 is 0 Å². The third-order valence-electron chi connectivity index (χ3n) is 3.85. The van der Waals surface area contributed by atoms with Gasteiger partial charge in [0.05, 0.1) is 0 Å². The summed E-state index contributed by atoms with van der Waals surface area (Å²) in [5, 5.41) is 9.44. The Bertz CT molecular complexity index is 634. The van der Waals surface area contributed by atoms with E-state index < -0.39 is 12.0 Å². The molecule has 1 N–H and O–H groups in total. The monoisotopic (exact) mass is 267 g/mol. The van der Waals surface area contributed by atoms with Crippen LogP contribution in [0.2, 0.25) is 0 Å². The van der Waals surface area contributed by atoms with Crippen LogP contribution in [-0.2, 0) is 17.8 Å². The summed E-state index contributed by atoms with van der Waals surface area (Å²) in [7, 11) is 0. The van der Waals surface area contributed by atoms with E-state index in [1.165, 1.54) is 5.56 Å². The molecular formula is C17H17NO2. The van der Waals surface area contributed by atoms with Crippen molar-refractivity contribution in [1.82, 2.24) is 0 Å². The number of rotatable bonds is 3. The Morgan fingerprint density at radius 2 is 1.90 bits per heavy atom. The van der Waals surface area contributed by atoms with Gasteiger partial charge in [-0.1, -0.05) is 48.0 Å². The van der Waals surface area contributed by atoms with E-state index in [-0.39, 0.29) is 0 Å². The van der Waals surface area contributed by atoms with Crippen molar-refractivity contribution in [3.05, 3.63) is 65.2 Å². The van der Waals surface area contributed by atoms with Gasteiger partial charge < -0.3 is 10.0 Å². The zero-order valence-electron chi connectivity index (χ0n) is 11.4. The zero-order chi connectivity index (χ0) is 14.1. The van der Waals surface area contributed by atoms with E-state index in [1.54, 1.807) is 0 Å². The van der Waals surface area contributed by atoms with Gasteiger partial charge in [-0.25, -0.2) is 4.79 Å². The van der Waals surface area contributed by atoms with Gasteiger partial charge in [0.15, 0.2) is 0 Å². The SMILES string of the molecule is Cc1ccc(CN2c3ccccc3CC2C(=O)O)cc1. The first kappa shape index (κ1) is 12.7. The quantitative estimate of drug-likeness (QED) is 0.929. The summed E-state index contributed by atoms with van der Waals surface area (Å²) in [5.41, 5.74) is 4.51. The number of fused-ring (bicyclic) bond motifs is 1. The first-order valence-electron chi connectivity index (χ1n) is 6.78. The maximum Gasteiger partial charge on any atom is 0.326 e. The summed E-state index contributed by atoms with van der Waals surface area (Å²) < 4.78 is 0. The maximum atomic E-state index is 11.5. The van der Waals surface area contributed by atoms with Gasteiger partial charge in [-0.3, -0.25) is 0 Å². The van der Waals surface area contributed by atoms with Crippen molar-refractivity contribution in [3.8, 4) is 0 Å². The minimum atomic E-state index is -0.756. The normalized spacial score (nSPS) is 17.1. The fourth-order valence-electron chi connectivity index (χ4n) is 2.76. The highest BCUT2D eigenvalue weighted by molar-refractivity contribution is 5.82. The van der Waals surface area contributed by atoms with Crippen LogP contribution in [0.15, 0.2) is 48.5 Å². The van der Waals surface area contributed by atoms with E-state index in [1.807, 2.05) is 29.2 Å². The lowest BCUT2D eigenvalue weighted by atomic mass is 10.1. The number of hydrogen-bond donors (Lipinski definition) is 1. The summed E-state index contributed by atoms with van der Waals surface area (Å²) in [5.74, 6) is -0.756. The molecule has 1 aliphatic heterocycles. The molecule has 102 valence electrons. The molecule has 3 nitrogen and oxygen atoms in total. The molecule has 2 aromatic rings. The van der Waals surface area contributed by atoms with Gasteiger partial charge in [-0.15, -0.1) is 0 Å². The van der Waals surface area contributed by atoms with Crippen LogP contribution in [0.4, 0.5) is 5.69 Å². The van der Waals surface area contributed by atoms with Gasteiger partial charge in [-0.2, -0.15) is 0 Å². The molecule has 0 radical (unpaired) electrons. The van der Waals surface area contributed by atoms with Gasteiger partial charge in [0, 0.05) is 18.7 Å². The summed E-state index contributed by atoms with van der Waals surface area (Å²) in [6, 6.07) is 15.7. The van der Waals surface area contributed by atoms with E-state index in [9.17, 15) is 9.90 Å². The second-order valence-electron chi connectivity index (χ2n) is 5.30. The number of benzene rings is 2. The molecule has 0 saturated carbocycles. The summed E-state index contributed by atoms with van der Waals surface area (Å²) >= 11 is 0. The predicted molar refractivity (Wildman–Crippen MR) is 78.9 cm³/mol. The molecule has 0 amide bonds. The average Bonchev–Trinajstić information content (AvgIpc) is 2.81. The van der Waals surface area contributed by atoms with Crippen molar-refractivity contribution in [1.29, 1.82) is 0 Å². The molecule has 0 aliphatic carbocycles. The fourth-order valence-corrected chi connectivity index (χ4v) is 2.76. The first-order chi connectivity index (χ1) is 9.65. The van der Waals surface area contributed by atoms with Crippen molar-refractivity contribution in [2.45, 2.75) is 25.9 Å². The van der Waals surface area contributed by atoms with Crippen molar-refractivity contribution in [3.63, 3.8) is 0 Å². The number of carboxylic acids is 1. The van der Waals surface area contributed by atoms with Crippen LogP contribution < -0.4 is 4.90 Å². The van der Waals surface area contributed by atoms with E-state index in [2.05, 4.69) is 31.2 Å². The smallest absolute Gasteiger partial charge is 0.326 e. The molecule has 0 aromatic heterocycles. The molecule has 3 rings (SSSR count). The molecule has 20 heavy (non-hydrogen) atoms. The number of nitrogens with zero attached hydrogens (tertiary/aromatic N) is 1. The number of aliphatic carboxylic acids is 1. The number of hydrogen-bond acceptors (Lipinski definition) is 2. The first-order valence-corrected chi connectivity index (χ1v) is 6.78. The molecular weight excluding hydrogens is 250 g/mol. The van der Waals surface area contributed by atoms with Crippen molar-refractivity contribution in [2.75, 3.05) is 4.90 Å². The van der Waals surface area contributed by atoms with Gasteiger partial charge in [-0.05, 0) is 24.1 Å². The van der Waals surface area contributed by atoms with E-state index in [0.717, 1.165) is 16.8 Å². The lowest BCUT2D eigenvalue weighted by Crippen LogP contribution is -2.38. The minimum Gasteiger partial charge on any atom is -0.480 e. The lowest BCUT2D eigenvalue weighted by molar-refractivity contribution is -0.138. The number of para-hydroxylation sites is 1. The van der Waals surface area contributed by atoms with Crippen LogP contribution in [0.5, 0.6) is 0 Å². The fraction of sp³-hybridized carbons (Fsp3) is 0.235. The minimum absolute atomic E-state index is 0.464. The Balaban J connectivity index is 1.92. The Labute approximate surface area is 118 Å². The third-order valence-corrected chi connectivity index (χ3v) is 3.85.